The topological polar surface area (TPSA) is 84.9 Å². The molecule has 1 aliphatic heterocycles. The quantitative estimate of drug-likeness (QED) is 0.732. The van der Waals surface area contributed by atoms with E-state index in [2.05, 4.69) is 5.32 Å². The van der Waals surface area contributed by atoms with Crippen molar-refractivity contribution in [1.29, 1.82) is 0 Å². The predicted molar refractivity (Wildman–Crippen MR) is 111 cm³/mol. The van der Waals surface area contributed by atoms with Crippen molar-refractivity contribution in [3.05, 3.63) is 59.7 Å². The van der Waals surface area contributed by atoms with E-state index in [1.165, 1.54) is 35.7 Å². The number of methoxy groups -OCH3 is 1. The van der Waals surface area contributed by atoms with Gasteiger partial charge in [0.15, 0.2) is 0 Å². The number of rotatable bonds is 6. The molecule has 1 heterocycles. The van der Waals surface area contributed by atoms with E-state index in [4.69, 9.17) is 9.47 Å². The zero-order valence-corrected chi connectivity index (χ0v) is 17.2. The van der Waals surface area contributed by atoms with Crippen LogP contribution in [0.4, 0.5) is 5.69 Å². The molecule has 1 amide bonds. The van der Waals surface area contributed by atoms with E-state index in [0.717, 1.165) is 11.1 Å². The maximum Gasteiger partial charge on any atom is 0.248 e. The molecule has 1 saturated heterocycles. The molecule has 0 aromatic heterocycles. The van der Waals surface area contributed by atoms with Crippen LogP contribution in [0.2, 0.25) is 0 Å². The van der Waals surface area contributed by atoms with Gasteiger partial charge in [-0.2, -0.15) is 4.31 Å². The van der Waals surface area contributed by atoms with Gasteiger partial charge in [0.05, 0.1) is 30.9 Å². The van der Waals surface area contributed by atoms with E-state index >= 15 is 0 Å². The summed E-state index contributed by atoms with van der Waals surface area (Å²) in [5.74, 6) is -0.00666. The molecular formula is C21H24N2O5S. The number of nitrogens with zero attached hydrogens (tertiary/aromatic N) is 1. The molecule has 0 unspecified atom stereocenters. The van der Waals surface area contributed by atoms with Crippen LogP contribution in [0.1, 0.15) is 11.1 Å². The third-order valence-corrected chi connectivity index (χ3v) is 6.44. The van der Waals surface area contributed by atoms with Gasteiger partial charge in [-0.25, -0.2) is 8.42 Å². The number of anilines is 1. The summed E-state index contributed by atoms with van der Waals surface area (Å²) in [6.07, 6.45) is 3.09. The highest BCUT2D eigenvalue weighted by atomic mass is 32.2. The largest absolute Gasteiger partial charge is 0.495 e. The lowest BCUT2D eigenvalue weighted by atomic mass is 10.1. The highest BCUT2D eigenvalue weighted by Gasteiger charge is 2.27. The van der Waals surface area contributed by atoms with Gasteiger partial charge >= 0.3 is 0 Å². The van der Waals surface area contributed by atoms with Gasteiger partial charge in [0, 0.05) is 19.2 Å². The molecule has 154 valence electrons. The zero-order chi connectivity index (χ0) is 20.9. The number of carbonyl (C=O) groups is 1. The molecule has 0 bridgehead atoms. The van der Waals surface area contributed by atoms with Crippen molar-refractivity contribution in [3.8, 4) is 5.75 Å². The van der Waals surface area contributed by atoms with Gasteiger partial charge in [0.2, 0.25) is 15.9 Å². The van der Waals surface area contributed by atoms with Crippen molar-refractivity contribution >= 4 is 27.7 Å². The van der Waals surface area contributed by atoms with Crippen LogP contribution in [0.5, 0.6) is 5.75 Å². The van der Waals surface area contributed by atoms with E-state index in [-0.39, 0.29) is 10.8 Å². The van der Waals surface area contributed by atoms with Gasteiger partial charge in [-0.05, 0) is 36.8 Å². The van der Waals surface area contributed by atoms with Crippen LogP contribution in [0.25, 0.3) is 6.08 Å². The predicted octanol–water partition coefficient (Wildman–Crippen LogP) is 2.68. The molecule has 0 saturated carbocycles. The highest BCUT2D eigenvalue weighted by molar-refractivity contribution is 7.89. The van der Waals surface area contributed by atoms with Crippen molar-refractivity contribution in [3.63, 3.8) is 0 Å². The number of morpholine rings is 1. The van der Waals surface area contributed by atoms with Crippen molar-refractivity contribution < 1.29 is 22.7 Å². The van der Waals surface area contributed by atoms with Crippen molar-refractivity contribution in [1.82, 2.24) is 4.31 Å². The first-order valence-corrected chi connectivity index (χ1v) is 10.7. The summed E-state index contributed by atoms with van der Waals surface area (Å²) in [5.41, 5.74) is 2.32. The molecule has 0 radical (unpaired) electrons. The molecule has 29 heavy (non-hydrogen) atoms. The molecule has 8 heteroatoms. The van der Waals surface area contributed by atoms with E-state index in [1.807, 2.05) is 31.2 Å². The zero-order valence-electron chi connectivity index (χ0n) is 16.4. The fourth-order valence-electron chi connectivity index (χ4n) is 2.91. The average molecular weight is 416 g/mol. The first-order chi connectivity index (χ1) is 13.9. The van der Waals surface area contributed by atoms with Gasteiger partial charge in [-0.1, -0.05) is 29.8 Å². The maximum absolute atomic E-state index is 12.9. The number of ether oxygens (including phenoxy) is 2. The van der Waals surface area contributed by atoms with Crippen LogP contribution in [-0.2, 0) is 19.6 Å². The van der Waals surface area contributed by atoms with E-state index in [9.17, 15) is 13.2 Å². The number of hydrogen-bond acceptors (Lipinski definition) is 5. The second-order valence-corrected chi connectivity index (χ2v) is 8.55. The second-order valence-electron chi connectivity index (χ2n) is 6.61. The Bertz CT molecular complexity index is 994. The summed E-state index contributed by atoms with van der Waals surface area (Å²) in [7, 11) is -2.21. The Morgan fingerprint density at radius 2 is 1.83 bits per heavy atom. The Kier molecular flexibility index (Phi) is 6.68. The summed E-state index contributed by atoms with van der Waals surface area (Å²) in [4.78, 5) is 12.4. The Labute approximate surface area is 171 Å². The highest BCUT2D eigenvalue weighted by Crippen LogP contribution is 2.29. The summed E-state index contributed by atoms with van der Waals surface area (Å²) < 4.78 is 37.6. The number of benzene rings is 2. The number of hydrogen-bond donors (Lipinski definition) is 1. The average Bonchev–Trinajstić information content (AvgIpc) is 2.74. The van der Waals surface area contributed by atoms with Crippen LogP contribution in [0.3, 0.4) is 0 Å². The molecule has 3 rings (SSSR count). The second kappa shape index (κ2) is 9.21. The van der Waals surface area contributed by atoms with Crippen molar-refractivity contribution in [2.24, 2.45) is 0 Å². The molecule has 1 aliphatic rings. The maximum atomic E-state index is 12.9. The van der Waals surface area contributed by atoms with Crippen LogP contribution in [0, 0.1) is 6.92 Å². The van der Waals surface area contributed by atoms with Gasteiger partial charge < -0.3 is 14.8 Å². The van der Waals surface area contributed by atoms with Crippen LogP contribution >= 0.6 is 0 Å². The standard InChI is InChI=1S/C21H24N2O5S/c1-16-3-5-17(6-4-16)7-10-21(24)22-19-15-18(8-9-20(19)27-2)29(25,26)23-11-13-28-14-12-23/h3-10,15H,11-14H2,1-2H3,(H,22,24)/b10-7+. The Balaban J connectivity index is 1.79. The molecule has 1 fully saturated rings. The minimum Gasteiger partial charge on any atom is -0.495 e. The lowest BCUT2D eigenvalue weighted by Crippen LogP contribution is -2.40. The first-order valence-electron chi connectivity index (χ1n) is 9.22. The number of nitrogens with one attached hydrogen (secondary N) is 1. The van der Waals surface area contributed by atoms with Gasteiger partial charge in [0.1, 0.15) is 5.75 Å². The third-order valence-electron chi connectivity index (χ3n) is 4.54. The van der Waals surface area contributed by atoms with Gasteiger partial charge in [0.25, 0.3) is 0 Å². The monoisotopic (exact) mass is 416 g/mol. The molecule has 7 nitrogen and oxygen atoms in total. The summed E-state index contributed by atoms with van der Waals surface area (Å²) in [6, 6.07) is 12.2. The normalized spacial score (nSPS) is 15.4. The third kappa shape index (κ3) is 5.23. The van der Waals surface area contributed by atoms with Gasteiger partial charge in [-0.15, -0.1) is 0 Å². The summed E-state index contributed by atoms with van der Waals surface area (Å²) >= 11 is 0. The number of aryl methyl sites for hydroxylation is 1. The molecule has 1 N–H and O–H groups in total. The molecule has 0 spiro atoms. The molecule has 2 aromatic rings. The summed E-state index contributed by atoms with van der Waals surface area (Å²) in [6.45, 7) is 3.32. The molecule has 0 aliphatic carbocycles. The molecule has 0 atom stereocenters. The minimum absolute atomic E-state index is 0.0954. The fourth-order valence-corrected chi connectivity index (χ4v) is 4.34. The Hall–Kier alpha value is -2.68. The Morgan fingerprint density at radius 3 is 2.48 bits per heavy atom. The lowest BCUT2D eigenvalue weighted by molar-refractivity contribution is -0.111. The lowest BCUT2D eigenvalue weighted by Gasteiger charge is -2.26. The SMILES string of the molecule is COc1ccc(S(=O)(=O)N2CCOCC2)cc1NC(=O)/C=C/c1ccc(C)cc1. The van der Waals surface area contributed by atoms with Crippen LogP contribution < -0.4 is 10.1 Å². The number of carbonyl (C=O) groups excluding carboxylic acids is 1. The number of amides is 1. The number of sulfonamides is 1. The minimum atomic E-state index is -3.68. The van der Waals surface area contributed by atoms with E-state index in [1.54, 1.807) is 6.08 Å². The van der Waals surface area contributed by atoms with E-state index in [0.29, 0.717) is 37.7 Å². The van der Waals surface area contributed by atoms with Crippen LogP contribution in [-0.4, -0.2) is 52.0 Å². The van der Waals surface area contributed by atoms with Crippen molar-refractivity contribution in [2.45, 2.75) is 11.8 Å². The smallest absolute Gasteiger partial charge is 0.248 e. The molecule has 2 aromatic carbocycles. The fraction of sp³-hybridized carbons (Fsp3) is 0.286. The van der Waals surface area contributed by atoms with Gasteiger partial charge in [-0.3, -0.25) is 4.79 Å². The Morgan fingerprint density at radius 1 is 1.14 bits per heavy atom. The molecular weight excluding hydrogens is 392 g/mol. The van der Waals surface area contributed by atoms with Crippen molar-refractivity contribution in [2.75, 3.05) is 38.7 Å². The summed E-state index contributed by atoms with van der Waals surface area (Å²) in [5, 5.41) is 2.70. The van der Waals surface area contributed by atoms with Crippen LogP contribution in [0.15, 0.2) is 53.4 Å². The van der Waals surface area contributed by atoms with E-state index < -0.39 is 10.0 Å². The first kappa shape index (κ1) is 21.0.